The second kappa shape index (κ2) is 8.99. The fourth-order valence-electron chi connectivity index (χ4n) is 1.84. The molecule has 0 aromatic carbocycles. The third-order valence-electron chi connectivity index (χ3n) is 2.83. The summed E-state index contributed by atoms with van der Waals surface area (Å²) in [6.45, 7) is 5.57. The first-order chi connectivity index (χ1) is 9.67. The number of halogens is 1. The second-order valence-electron chi connectivity index (χ2n) is 4.56. The average molecular weight is 416 g/mol. The van der Waals surface area contributed by atoms with Crippen molar-refractivity contribution in [2.75, 3.05) is 7.05 Å². The van der Waals surface area contributed by atoms with Gasteiger partial charge >= 0.3 is 0 Å². The minimum absolute atomic E-state index is 0. The summed E-state index contributed by atoms with van der Waals surface area (Å²) in [7, 11) is 1.78. The van der Waals surface area contributed by atoms with E-state index in [2.05, 4.69) is 39.7 Å². The molecule has 0 aliphatic rings. The van der Waals surface area contributed by atoms with Gasteiger partial charge in [-0.3, -0.25) is 9.98 Å². The van der Waals surface area contributed by atoms with Gasteiger partial charge in [0.1, 0.15) is 0 Å². The molecule has 0 unspecified atom stereocenters. The Kier molecular flexibility index (Phi) is 7.66. The van der Waals surface area contributed by atoms with Crippen molar-refractivity contribution >= 4 is 41.3 Å². The zero-order valence-electron chi connectivity index (χ0n) is 12.5. The summed E-state index contributed by atoms with van der Waals surface area (Å²) in [5, 5.41) is 6.58. The van der Waals surface area contributed by atoms with Crippen LogP contribution in [0.5, 0.6) is 0 Å². The van der Waals surface area contributed by atoms with Crippen molar-refractivity contribution in [3.05, 3.63) is 51.5 Å². The molecule has 6 heteroatoms. The zero-order valence-corrected chi connectivity index (χ0v) is 15.7. The highest BCUT2D eigenvalue weighted by Crippen LogP contribution is 2.14. The van der Waals surface area contributed by atoms with Gasteiger partial charge in [-0.05, 0) is 38.1 Å². The highest BCUT2D eigenvalue weighted by Gasteiger charge is 2.01. The van der Waals surface area contributed by atoms with Gasteiger partial charge in [-0.25, -0.2) is 0 Å². The van der Waals surface area contributed by atoms with Crippen molar-refractivity contribution in [1.82, 2.24) is 15.6 Å². The van der Waals surface area contributed by atoms with Crippen LogP contribution in [0.2, 0.25) is 0 Å². The first kappa shape index (κ1) is 17.9. The number of hydrogen-bond donors (Lipinski definition) is 2. The highest BCUT2D eigenvalue weighted by atomic mass is 127. The number of hydrogen-bond acceptors (Lipinski definition) is 3. The molecular weight excluding hydrogens is 395 g/mol. The number of rotatable bonds is 4. The first-order valence-corrected chi connectivity index (χ1v) is 7.41. The maximum atomic E-state index is 4.46. The van der Waals surface area contributed by atoms with E-state index in [1.807, 2.05) is 25.1 Å². The Hall–Kier alpha value is -1.15. The molecule has 0 bridgehead atoms. The fourth-order valence-corrected chi connectivity index (χ4v) is 2.67. The van der Waals surface area contributed by atoms with Crippen molar-refractivity contribution in [1.29, 1.82) is 0 Å². The molecule has 0 amide bonds. The van der Waals surface area contributed by atoms with Crippen LogP contribution in [0.25, 0.3) is 0 Å². The quantitative estimate of drug-likeness (QED) is 0.457. The van der Waals surface area contributed by atoms with Gasteiger partial charge in [0.2, 0.25) is 0 Å². The fraction of sp³-hybridized carbons (Fsp3) is 0.333. The van der Waals surface area contributed by atoms with Gasteiger partial charge in [-0.15, -0.1) is 35.3 Å². The van der Waals surface area contributed by atoms with Gasteiger partial charge in [-0.2, -0.15) is 0 Å². The normalized spacial score (nSPS) is 10.9. The third-order valence-corrected chi connectivity index (χ3v) is 3.83. The summed E-state index contributed by atoms with van der Waals surface area (Å²) in [6, 6.07) is 10.3. The molecule has 2 aromatic rings. The van der Waals surface area contributed by atoms with Crippen LogP contribution in [0.3, 0.4) is 0 Å². The summed E-state index contributed by atoms with van der Waals surface area (Å²) in [5.74, 6) is 0.791. The summed E-state index contributed by atoms with van der Waals surface area (Å²) >= 11 is 1.80. The average Bonchev–Trinajstić information content (AvgIpc) is 2.85. The maximum Gasteiger partial charge on any atom is 0.191 e. The number of aromatic nitrogens is 1. The molecule has 0 atom stereocenters. The molecule has 2 heterocycles. The van der Waals surface area contributed by atoms with Gasteiger partial charge in [0.15, 0.2) is 5.96 Å². The van der Waals surface area contributed by atoms with Gasteiger partial charge in [0, 0.05) is 22.5 Å². The van der Waals surface area contributed by atoms with Gasteiger partial charge in [-0.1, -0.05) is 6.07 Å². The van der Waals surface area contributed by atoms with Crippen LogP contribution in [-0.4, -0.2) is 18.0 Å². The largest absolute Gasteiger partial charge is 0.352 e. The van der Waals surface area contributed by atoms with E-state index >= 15 is 0 Å². The van der Waals surface area contributed by atoms with Gasteiger partial charge in [0.05, 0.1) is 18.8 Å². The molecule has 2 N–H and O–H groups in total. The minimum Gasteiger partial charge on any atom is -0.352 e. The van der Waals surface area contributed by atoms with Crippen molar-refractivity contribution in [3.63, 3.8) is 0 Å². The lowest BCUT2D eigenvalue weighted by molar-refractivity contribution is 0.796. The summed E-state index contributed by atoms with van der Waals surface area (Å²) in [6.07, 6.45) is 0. The lowest BCUT2D eigenvalue weighted by atomic mass is 10.3. The number of guanidine groups is 1. The highest BCUT2D eigenvalue weighted by molar-refractivity contribution is 14.0. The van der Waals surface area contributed by atoms with Crippen molar-refractivity contribution < 1.29 is 0 Å². The van der Waals surface area contributed by atoms with E-state index in [1.54, 1.807) is 18.4 Å². The number of nitrogens with one attached hydrogen (secondary N) is 2. The minimum atomic E-state index is 0. The Morgan fingerprint density at radius 3 is 2.52 bits per heavy atom. The number of thiophene rings is 1. The molecule has 0 aliphatic carbocycles. The third kappa shape index (κ3) is 6.01. The van der Waals surface area contributed by atoms with Crippen LogP contribution in [-0.2, 0) is 13.1 Å². The summed E-state index contributed by atoms with van der Waals surface area (Å²) < 4.78 is 0. The standard InChI is InChI=1S/C15H20N4S.HI/c1-11-5-4-6-13(19-11)9-17-15(16-3)18-10-14-8-7-12(2)20-14;/h4-8H,9-10H2,1-3H3,(H2,16,17,18);1H. The number of nitrogens with zero attached hydrogens (tertiary/aromatic N) is 2. The van der Waals surface area contributed by atoms with Crippen LogP contribution < -0.4 is 10.6 Å². The SMILES string of the molecule is CN=C(NCc1cccc(C)n1)NCc1ccc(C)s1.I. The summed E-state index contributed by atoms with van der Waals surface area (Å²) in [5.41, 5.74) is 2.04. The van der Waals surface area contributed by atoms with Crippen LogP contribution >= 0.6 is 35.3 Å². The predicted molar refractivity (Wildman–Crippen MR) is 100 cm³/mol. The predicted octanol–water partition coefficient (Wildman–Crippen LogP) is 3.24. The second-order valence-corrected chi connectivity index (χ2v) is 5.93. The van der Waals surface area contributed by atoms with E-state index in [-0.39, 0.29) is 24.0 Å². The van der Waals surface area contributed by atoms with E-state index in [1.165, 1.54) is 9.75 Å². The smallest absolute Gasteiger partial charge is 0.191 e. The molecule has 0 saturated heterocycles. The van der Waals surface area contributed by atoms with Crippen LogP contribution in [0, 0.1) is 13.8 Å². The molecule has 0 fully saturated rings. The Bertz CT molecular complexity index is 595. The molecule has 0 saturated carbocycles. The van der Waals surface area contributed by atoms with Crippen molar-refractivity contribution in [2.45, 2.75) is 26.9 Å². The van der Waals surface area contributed by atoms with E-state index in [4.69, 9.17) is 0 Å². The molecule has 0 spiro atoms. The Morgan fingerprint density at radius 2 is 1.90 bits per heavy atom. The van der Waals surface area contributed by atoms with Crippen LogP contribution in [0.15, 0.2) is 35.3 Å². The maximum absolute atomic E-state index is 4.46. The van der Waals surface area contributed by atoms with Crippen molar-refractivity contribution in [3.8, 4) is 0 Å². The molecule has 2 rings (SSSR count). The molecule has 0 aliphatic heterocycles. The molecular formula is C15H21IN4S. The Labute approximate surface area is 147 Å². The van der Waals surface area contributed by atoms with Crippen molar-refractivity contribution in [2.24, 2.45) is 4.99 Å². The van der Waals surface area contributed by atoms with Gasteiger partial charge < -0.3 is 10.6 Å². The number of aryl methyl sites for hydroxylation is 2. The molecule has 4 nitrogen and oxygen atoms in total. The lowest BCUT2D eigenvalue weighted by Crippen LogP contribution is -2.36. The van der Waals surface area contributed by atoms with Gasteiger partial charge in [0.25, 0.3) is 0 Å². The first-order valence-electron chi connectivity index (χ1n) is 6.60. The lowest BCUT2D eigenvalue weighted by Gasteiger charge is -2.11. The Balaban J connectivity index is 0.00000220. The molecule has 21 heavy (non-hydrogen) atoms. The Morgan fingerprint density at radius 1 is 1.14 bits per heavy atom. The summed E-state index contributed by atoms with van der Waals surface area (Å²) in [4.78, 5) is 11.3. The number of pyridine rings is 1. The molecule has 2 aromatic heterocycles. The van der Waals surface area contributed by atoms with Crippen LogP contribution in [0.1, 0.15) is 21.1 Å². The van der Waals surface area contributed by atoms with E-state index < -0.39 is 0 Å². The van der Waals surface area contributed by atoms with E-state index in [9.17, 15) is 0 Å². The molecule has 114 valence electrons. The zero-order chi connectivity index (χ0) is 14.4. The van der Waals surface area contributed by atoms with Crippen LogP contribution in [0.4, 0.5) is 0 Å². The topological polar surface area (TPSA) is 49.3 Å². The number of aliphatic imine (C=N–C) groups is 1. The monoisotopic (exact) mass is 416 g/mol. The van der Waals surface area contributed by atoms with E-state index in [0.717, 1.165) is 23.9 Å². The molecule has 0 radical (unpaired) electrons. The van der Waals surface area contributed by atoms with E-state index in [0.29, 0.717) is 6.54 Å².